The van der Waals surface area contributed by atoms with Crippen molar-refractivity contribution < 1.29 is 14.3 Å². The average molecular weight is 421 g/mol. The van der Waals surface area contributed by atoms with E-state index in [4.69, 9.17) is 16.3 Å². The maximum atomic E-state index is 13.0. The number of nitrogens with one attached hydrogen (secondary N) is 1. The lowest BCUT2D eigenvalue weighted by atomic mass is 9.82. The summed E-state index contributed by atoms with van der Waals surface area (Å²) in [5, 5.41) is 3.90. The molecular formula is C23H33ClN2O3. The van der Waals surface area contributed by atoms with Gasteiger partial charge >= 0.3 is 12.0 Å². The van der Waals surface area contributed by atoms with E-state index < -0.39 is 0 Å². The number of halogens is 1. The highest BCUT2D eigenvalue weighted by atomic mass is 35.5. The maximum Gasteiger partial charge on any atom is 0.317 e. The Kier molecular flexibility index (Phi) is 8.22. The summed E-state index contributed by atoms with van der Waals surface area (Å²) in [4.78, 5) is 26.9. The van der Waals surface area contributed by atoms with Gasteiger partial charge in [-0.3, -0.25) is 4.79 Å². The zero-order valence-corrected chi connectivity index (χ0v) is 18.1. The van der Waals surface area contributed by atoms with Crippen LogP contribution in [0.1, 0.15) is 69.9 Å². The standard InChI is InChI=1S/C23H33ClN2O3/c1-2-29-22(27)18-13-11-17(12-14-18)16-25-23(28)26-15-7-3-4-10-21(26)19-8-5-6-9-20(19)24/h5-6,8-9,17-18,21H,2-4,7,10-16H2,1H3,(H,25,28)/t17?,18?,21-/m0/s1. The lowest BCUT2D eigenvalue weighted by Gasteiger charge is -2.32. The predicted molar refractivity (Wildman–Crippen MR) is 115 cm³/mol. The van der Waals surface area contributed by atoms with Crippen molar-refractivity contribution in [1.29, 1.82) is 0 Å². The summed E-state index contributed by atoms with van der Waals surface area (Å²) in [7, 11) is 0. The topological polar surface area (TPSA) is 58.6 Å². The fourth-order valence-electron chi connectivity index (χ4n) is 4.62. The van der Waals surface area contributed by atoms with Crippen molar-refractivity contribution in [1.82, 2.24) is 10.2 Å². The van der Waals surface area contributed by atoms with Crippen molar-refractivity contribution >= 4 is 23.6 Å². The highest BCUT2D eigenvalue weighted by Crippen LogP contribution is 2.34. The van der Waals surface area contributed by atoms with Crippen molar-refractivity contribution in [2.45, 2.75) is 64.3 Å². The summed E-state index contributed by atoms with van der Waals surface area (Å²) in [5.41, 5.74) is 1.04. The number of urea groups is 1. The molecule has 3 rings (SSSR count). The summed E-state index contributed by atoms with van der Waals surface area (Å²) >= 11 is 6.45. The summed E-state index contributed by atoms with van der Waals surface area (Å²) in [6.45, 7) is 3.71. The molecule has 0 bridgehead atoms. The number of nitrogens with zero attached hydrogens (tertiary/aromatic N) is 1. The normalized spacial score (nSPS) is 25.2. The highest BCUT2D eigenvalue weighted by molar-refractivity contribution is 6.31. The van der Waals surface area contributed by atoms with E-state index in [0.29, 0.717) is 19.1 Å². The first-order valence-corrected chi connectivity index (χ1v) is 11.4. The van der Waals surface area contributed by atoms with Crippen LogP contribution >= 0.6 is 11.6 Å². The second-order valence-corrected chi connectivity index (χ2v) is 8.64. The van der Waals surface area contributed by atoms with Crippen LogP contribution in [0, 0.1) is 11.8 Å². The fraction of sp³-hybridized carbons (Fsp3) is 0.652. The lowest BCUT2D eigenvalue weighted by Crippen LogP contribution is -2.44. The smallest absolute Gasteiger partial charge is 0.317 e. The van der Waals surface area contributed by atoms with Crippen LogP contribution in [-0.4, -0.2) is 36.6 Å². The van der Waals surface area contributed by atoms with Gasteiger partial charge < -0.3 is 15.0 Å². The van der Waals surface area contributed by atoms with Gasteiger partial charge in [0.15, 0.2) is 0 Å². The van der Waals surface area contributed by atoms with Gasteiger partial charge in [0.05, 0.1) is 18.6 Å². The zero-order valence-electron chi connectivity index (χ0n) is 17.4. The molecule has 29 heavy (non-hydrogen) atoms. The minimum absolute atomic E-state index is 0.00401. The van der Waals surface area contributed by atoms with Gasteiger partial charge in [0.25, 0.3) is 0 Å². The molecule has 5 nitrogen and oxygen atoms in total. The van der Waals surface area contributed by atoms with Crippen molar-refractivity contribution in [3.8, 4) is 0 Å². The molecule has 0 radical (unpaired) electrons. The molecule has 1 aliphatic carbocycles. The second kappa shape index (κ2) is 10.9. The first kappa shape index (κ1) is 21.9. The van der Waals surface area contributed by atoms with Crippen LogP contribution in [0.4, 0.5) is 4.79 Å². The number of benzene rings is 1. The molecule has 1 saturated carbocycles. The van der Waals surface area contributed by atoms with Crippen LogP contribution in [0.15, 0.2) is 24.3 Å². The zero-order chi connectivity index (χ0) is 20.6. The number of esters is 1. The molecule has 6 heteroatoms. The van der Waals surface area contributed by atoms with Gasteiger partial charge in [0.2, 0.25) is 0 Å². The summed E-state index contributed by atoms with van der Waals surface area (Å²) in [6.07, 6.45) is 7.84. The Balaban J connectivity index is 1.55. The number of amides is 2. The number of carbonyl (C=O) groups excluding carboxylic acids is 2. The van der Waals surface area contributed by atoms with Gasteiger partial charge in [-0.05, 0) is 63.0 Å². The fourth-order valence-corrected chi connectivity index (χ4v) is 4.88. The minimum atomic E-state index is -0.0675. The first-order chi connectivity index (χ1) is 14.1. The predicted octanol–water partition coefficient (Wildman–Crippen LogP) is 5.34. The number of hydrogen-bond acceptors (Lipinski definition) is 3. The second-order valence-electron chi connectivity index (χ2n) is 8.24. The molecular weight excluding hydrogens is 388 g/mol. The number of carbonyl (C=O) groups is 2. The largest absolute Gasteiger partial charge is 0.466 e. The van der Waals surface area contributed by atoms with E-state index in [9.17, 15) is 9.59 Å². The third kappa shape index (κ3) is 5.88. The highest BCUT2D eigenvalue weighted by Gasteiger charge is 2.30. The van der Waals surface area contributed by atoms with Crippen molar-refractivity contribution in [2.24, 2.45) is 11.8 Å². The number of hydrogen-bond donors (Lipinski definition) is 1. The Labute approximate surface area is 179 Å². The van der Waals surface area contributed by atoms with Crippen molar-refractivity contribution in [3.05, 3.63) is 34.9 Å². The minimum Gasteiger partial charge on any atom is -0.466 e. The van der Waals surface area contributed by atoms with E-state index in [1.54, 1.807) is 0 Å². The third-order valence-corrected chi connectivity index (χ3v) is 6.63. The molecule has 2 amide bonds. The summed E-state index contributed by atoms with van der Waals surface area (Å²) in [6, 6.07) is 7.90. The molecule has 1 saturated heterocycles. The number of likely N-dealkylation sites (tertiary alicyclic amines) is 1. The monoisotopic (exact) mass is 420 g/mol. The summed E-state index contributed by atoms with van der Waals surface area (Å²) < 4.78 is 5.14. The lowest BCUT2D eigenvalue weighted by molar-refractivity contribution is -0.149. The number of ether oxygens (including phenoxy) is 1. The quantitative estimate of drug-likeness (QED) is 0.654. The molecule has 1 aliphatic heterocycles. The Morgan fingerprint density at radius 1 is 1.10 bits per heavy atom. The maximum absolute atomic E-state index is 13.0. The Bertz CT molecular complexity index is 688. The molecule has 1 atom stereocenters. The van der Waals surface area contributed by atoms with E-state index in [-0.39, 0.29) is 24.0 Å². The van der Waals surface area contributed by atoms with Crippen LogP contribution in [0.25, 0.3) is 0 Å². The third-order valence-electron chi connectivity index (χ3n) is 6.29. The molecule has 1 N–H and O–H groups in total. The Morgan fingerprint density at radius 3 is 2.59 bits per heavy atom. The van der Waals surface area contributed by atoms with Gasteiger partial charge in [0.1, 0.15) is 0 Å². The summed E-state index contributed by atoms with van der Waals surface area (Å²) in [5.74, 6) is 0.384. The SMILES string of the molecule is CCOC(=O)C1CCC(CNC(=O)N2CCCCC[C@H]2c2ccccc2Cl)CC1. The molecule has 0 aromatic heterocycles. The molecule has 1 heterocycles. The van der Waals surface area contributed by atoms with Gasteiger partial charge in [-0.15, -0.1) is 0 Å². The van der Waals surface area contributed by atoms with E-state index >= 15 is 0 Å². The molecule has 0 unspecified atom stereocenters. The first-order valence-electron chi connectivity index (χ1n) is 11.1. The van der Waals surface area contributed by atoms with Crippen LogP contribution in [-0.2, 0) is 9.53 Å². The Hall–Kier alpha value is -1.75. The van der Waals surface area contributed by atoms with E-state index in [0.717, 1.165) is 68.5 Å². The Morgan fingerprint density at radius 2 is 1.86 bits per heavy atom. The molecule has 1 aromatic rings. The van der Waals surface area contributed by atoms with Crippen LogP contribution in [0.2, 0.25) is 5.02 Å². The van der Waals surface area contributed by atoms with Gasteiger partial charge in [-0.1, -0.05) is 42.6 Å². The van der Waals surface area contributed by atoms with Gasteiger partial charge in [-0.25, -0.2) is 4.79 Å². The molecule has 1 aromatic carbocycles. The number of rotatable bonds is 5. The van der Waals surface area contributed by atoms with E-state index in [2.05, 4.69) is 5.32 Å². The molecule has 160 valence electrons. The molecule has 0 spiro atoms. The van der Waals surface area contributed by atoms with E-state index in [1.165, 1.54) is 0 Å². The van der Waals surface area contributed by atoms with Crippen LogP contribution < -0.4 is 5.32 Å². The van der Waals surface area contributed by atoms with Crippen LogP contribution in [0.3, 0.4) is 0 Å². The average Bonchev–Trinajstić information content (AvgIpc) is 2.99. The molecule has 2 fully saturated rings. The van der Waals surface area contributed by atoms with E-state index in [1.807, 2.05) is 36.1 Å². The molecule has 2 aliphatic rings. The van der Waals surface area contributed by atoms with Gasteiger partial charge in [-0.2, -0.15) is 0 Å². The van der Waals surface area contributed by atoms with Crippen molar-refractivity contribution in [3.63, 3.8) is 0 Å². The van der Waals surface area contributed by atoms with Crippen molar-refractivity contribution in [2.75, 3.05) is 19.7 Å². The van der Waals surface area contributed by atoms with Crippen LogP contribution in [0.5, 0.6) is 0 Å². The van der Waals surface area contributed by atoms with Gasteiger partial charge in [0, 0.05) is 18.1 Å².